The normalized spacial score (nSPS) is 13.2. The third kappa shape index (κ3) is 2.68. The number of rotatable bonds is 4. The Morgan fingerprint density at radius 1 is 1.68 bits per heavy atom. The minimum Gasteiger partial charge on any atom is -0.465 e. The molecule has 7 heteroatoms. The molecule has 1 heterocycles. The lowest BCUT2D eigenvalue weighted by atomic mass is 9.87. The zero-order chi connectivity index (χ0) is 14.6. The van der Waals surface area contributed by atoms with Crippen LogP contribution in [0.5, 0.6) is 0 Å². The Hall–Kier alpha value is -2.49. The first-order valence-corrected chi connectivity index (χ1v) is 5.56. The van der Waals surface area contributed by atoms with Crippen molar-refractivity contribution >= 4 is 11.7 Å². The Kier molecular flexibility index (Phi) is 4.17. The van der Waals surface area contributed by atoms with Crippen LogP contribution < -0.4 is 0 Å². The lowest BCUT2D eigenvalue weighted by molar-refractivity contribution is -0.385. The highest BCUT2D eigenvalue weighted by atomic mass is 16.6. The van der Waals surface area contributed by atoms with Crippen molar-refractivity contribution in [1.82, 2.24) is 4.98 Å². The number of pyridine rings is 1. The van der Waals surface area contributed by atoms with Crippen LogP contribution in [0.25, 0.3) is 0 Å². The molecule has 0 saturated carbocycles. The maximum atomic E-state index is 11.8. The summed E-state index contributed by atoms with van der Waals surface area (Å²) in [4.78, 5) is 25.8. The van der Waals surface area contributed by atoms with E-state index in [1.807, 2.05) is 6.07 Å². The van der Waals surface area contributed by atoms with Gasteiger partial charge in [-0.25, -0.2) is 4.79 Å². The number of carbonyl (C=O) groups is 1. The van der Waals surface area contributed by atoms with E-state index in [1.165, 1.54) is 19.9 Å². The largest absolute Gasteiger partial charge is 0.465 e. The number of aromatic nitrogens is 1. The van der Waals surface area contributed by atoms with Crippen LogP contribution in [-0.2, 0) is 14.9 Å². The van der Waals surface area contributed by atoms with Crippen LogP contribution in [-0.4, -0.2) is 22.5 Å². The molecule has 0 N–H and O–H groups in total. The van der Waals surface area contributed by atoms with Crippen LogP contribution in [0.1, 0.15) is 25.1 Å². The molecule has 0 fully saturated rings. The van der Waals surface area contributed by atoms with Gasteiger partial charge in [0.15, 0.2) is 5.41 Å². The molecule has 1 aromatic heterocycles. The molecule has 0 spiro atoms. The Labute approximate surface area is 110 Å². The number of aryl methyl sites for hydroxylation is 1. The molecule has 0 aliphatic carbocycles. The molecule has 100 valence electrons. The second-order valence-corrected chi connectivity index (χ2v) is 4.07. The summed E-state index contributed by atoms with van der Waals surface area (Å²) >= 11 is 0. The zero-order valence-electron chi connectivity index (χ0n) is 10.8. The molecule has 1 rings (SSSR count). The van der Waals surface area contributed by atoms with Crippen molar-refractivity contribution in [3.05, 3.63) is 33.6 Å². The average molecular weight is 263 g/mol. The van der Waals surface area contributed by atoms with Gasteiger partial charge in [-0.3, -0.25) is 15.1 Å². The second-order valence-electron chi connectivity index (χ2n) is 4.07. The highest BCUT2D eigenvalue weighted by Gasteiger charge is 2.39. The highest BCUT2D eigenvalue weighted by molar-refractivity contribution is 5.85. The molecule has 7 nitrogen and oxygen atoms in total. The zero-order valence-corrected chi connectivity index (χ0v) is 10.8. The molecule has 0 aromatic carbocycles. The maximum Gasteiger partial charge on any atom is 0.332 e. The number of hydrogen-bond acceptors (Lipinski definition) is 6. The van der Waals surface area contributed by atoms with Gasteiger partial charge in [0.2, 0.25) is 0 Å². The van der Waals surface area contributed by atoms with Gasteiger partial charge < -0.3 is 4.74 Å². The summed E-state index contributed by atoms with van der Waals surface area (Å²) in [6.45, 7) is 4.66. The number of carbonyl (C=O) groups excluding carboxylic acids is 1. The molecule has 0 saturated heterocycles. The monoisotopic (exact) mass is 263 g/mol. The van der Waals surface area contributed by atoms with E-state index < -0.39 is 16.3 Å². The van der Waals surface area contributed by atoms with E-state index in [1.54, 1.807) is 6.92 Å². The molecule has 0 aliphatic heterocycles. The Morgan fingerprint density at radius 3 is 2.74 bits per heavy atom. The first-order valence-electron chi connectivity index (χ1n) is 5.56. The molecule has 1 unspecified atom stereocenters. The summed E-state index contributed by atoms with van der Waals surface area (Å²) < 4.78 is 4.83. The fourth-order valence-electron chi connectivity index (χ4n) is 1.50. The summed E-state index contributed by atoms with van der Waals surface area (Å²) in [5.74, 6) is -0.724. The quantitative estimate of drug-likeness (QED) is 0.464. The number of esters is 1. The van der Waals surface area contributed by atoms with E-state index in [9.17, 15) is 20.2 Å². The summed E-state index contributed by atoms with van der Waals surface area (Å²) in [5, 5.41) is 19.9. The van der Waals surface area contributed by atoms with Crippen molar-refractivity contribution in [2.45, 2.75) is 26.2 Å². The van der Waals surface area contributed by atoms with Crippen LogP contribution in [0.15, 0.2) is 12.3 Å². The number of hydrogen-bond donors (Lipinski definition) is 0. The van der Waals surface area contributed by atoms with Gasteiger partial charge in [-0.15, -0.1) is 0 Å². The van der Waals surface area contributed by atoms with Gasteiger partial charge in [0.05, 0.1) is 23.3 Å². The summed E-state index contributed by atoms with van der Waals surface area (Å²) in [7, 11) is 0. The van der Waals surface area contributed by atoms with Gasteiger partial charge in [0, 0.05) is 5.56 Å². The van der Waals surface area contributed by atoms with E-state index in [2.05, 4.69) is 4.98 Å². The van der Waals surface area contributed by atoms with Crippen molar-refractivity contribution in [1.29, 1.82) is 5.26 Å². The van der Waals surface area contributed by atoms with Gasteiger partial charge in [-0.1, -0.05) is 0 Å². The number of nitrogens with zero attached hydrogens (tertiary/aromatic N) is 3. The third-order valence-electron chi connectivity index (χ3n) is 2.70. The predicted molar refractivity (Wildman–Crippen MR) is 65.2 cm³/mol. The van der Waals surface area contributed by atoms with Crippen molar-refractivity contribution in [3.8, 4) is 6.07 Å². The van der Waals surface area contributed by atoms with E-state index >= 15 is 0 Å². The highest BCUT2D eigenvalue weighted by Crippen LogP contribution is 2.26. The van der Waals surface area contributed by atoms with E-state index in [4.69, 9.17) is 4.74 Å². The topological polar surface area (TPSA) is 106 Å². The lowest BCUT2D eigenvalue weighted by Crippen LogP contribution is -2.34. The third-order valence-corrected chi connectivity index (χ3v) is 2.70. The molecule has 19 heavy (non-hydrogen) atoms. The van der Waals surface area contributed by atoms with Gasteiger partial charge in [0.25, 0.3) is 5.69 Å². The molecule has 0 radical (unpaired) electrons. The number of nitro groups is 1. The number of ether oxygens (including phenoxy) is 1. The van der Waals surface area contributed by atoms with Gasteiger partial charge in [-0.2, -0.15) is 5.26 Å². The minimum atomic E-state index is -1.57. The number of nitriles is 1. The van der Waals surface area contributed by atoms with Crippen LogP contribution in [0, 0.1) is 28.4 Å². The maximum absolute atomic E-state index is 11.8. The Balaban J connectivity index is 3.28. The van der Waals surface area contributed by atoms with E-state index in [-0.39, 0.29) is 18.0 Å². The summed E-state index contributed by atoms with van der Waals surface area (Å²) in [6, 6.07) is 3.21. The molecule has 0 amide bonds. The SMILES string of the molecule is CCOC(=O)C(C)(C#N)c1cc(C)c([N+](=O)[O-])cn1. The molecule has 1 aromatic rings. The smallest absolute Gasteiger partial charge is 0.332 e. The standard InChI is InChI=1S/C12H13N3O4/c1-4-19-11(16)12(3,7-13)10-5-8(2)9(6-14-10)15(17)18/h5-6H,4H2,1-3H3. The Bertz CT molecular complexity index is 565. The molecule has 0 aliphatic rings. The summed E-state index contributed by atoms with van der Waals surface area (Å²) in [6.07, 6.45) is 1.04. The van der Waals surface area contributed by atoms with Crippen molar-refractivity contribution in [3.63, 3.8) is 0 Å². The molecule has 0 bridgehead atoms. The van der Waals surface area contributed by atoms with E-state index in [0.717, 1.165) is 6.20 Å². The minimum absolute atomic E-state index is 0.136. The Morgan fingerprint density at radius 2 is 2.32 bits per heavy atom. The fourth-order valence-corrected chi connectivity index (χ4v) is 1.50. The van der Waals surface area contributed by atoms with Crippen molar-refractivity contribution in [2.75, 3.05) is 6.61 Å². The van der Waals surface area contributed by atoms with Crippen LogP contribution in [0.2, 0.25) is 0 Å². The fraction of sp³-hybridized carbons (Fsp3) is 0.417. The molecule has 1 atom stereocenters. The van der Waals surface area contributed by atoms with Gasteiger partial charge in [-0.05, 0) is 26.8 Å². The predicted octanol–water partition coefficient (Wildman–Crippen LogP) is 1.64. The van der Waals surface area contributed by atoms with Crippen molar-refractivity contribution in [2.24, 2.45) is 0 Å². The van der Waals surface area contributed by atoms with Crippen LogP contribution in [0.4, 0.5) is 5.69 Å². The lowest BCUT2D eigenvalue weighted by Gasteiger charge is -2.18. The first kappa shape index (κ1) is 14.6. The van der Waals surface area contributed by atoms with Gasteiger partial charge in [0.1, 0.15) is 6.20 Å². The summed E-state index contributed by atoms with van der Waals surface area (Å²) in [5.41, 5.74) is -1.26. The van der Waals surface area contributed by atoms with Crippen molar-refractivity contribution < 1.29 is 14.5 Å². The average Bonchev–Trinajstić information content (AvgIpc) is 2.37. The van der Waals surface area contributed by atoms with Crippen LogP contribution in [0.3, 0.4) is 0 Å². The first-order chi connectivity index (χ1) is 8.86. The second kappa shape index (κ2) is 5.44. The van der Waals surface area contributed by atoms with E-state index in [0.29, 0.717) is 5.56 Å². The van der Waals surface area contributed by atoms with Crippen LogP contribution >= 0.6 is 0 Å². The van der Waals surface area contributed by atoms with Gasteiger partial charge >= 0.3 is 5.97 Å². The molecular weight excluding hydrogens is 250 g/mol. The molecular formula is C12H13N3O4.